The van der Waals surface area contributed by atoms with Crippen molar-refractivity contribution in [2.45, 2.75) is 57.5 Å². The molecule has 0 bridgehead atoms. The average Bonchev–Trinajstić information content (AvgIpc) is 2.51. The molecule has 0 spiro atoms. The number of carbonyl (C=O) groups excluding carboxylic acids is 1. The summed E-state index contributed by atoms with van der Waals surface area (Å²) in [6.07, 6.45) is 4.87. The predicted octanol–water partition coefficient (Wildman–Crippen LogP) is 2.59. The molecule has 1 aromatic carbocycles. The zero-order valence-electron chi connectivity index (χ0n) is 15.2. The highest BCUT2D eigenvalue weighted by molar-refractivity contribution is 5.84. The van der Waals surface area contributed by atoms with Gasteiger partial charge in [0, 0.05) is 12.1 Å². The molecule has 2 fully saturated rings. The summed E-state index contributed by atoms with van der Waals surface area (Å²) in [7, 11) is 0. The summed E-state index contributed by atoms with van der Waals surface area (Å²) in [5, 5.41) is 12.1. The number of benzene rings is 1. The smallest absolute Gasteiger partial charge is 0.317 e. The van der Waals surface area contributed by atoms with E-state index in [0.29, 0.717) is 13.0 Å². The van der Waals surface area contributed by atoms with E-state index in [4.69, 9.17) is 5.11 Å². The van der Waals surface area contributed by atoms with E-state index in [1.165, 1.54) is 12.1 Å². The number of nitrogens with one attached hydrogen (secondary N) is 1. The summed E-state index contributed by atoms with van der Waals surface area (Å²) < 4.78 is 13.4. The number of amides is 1. The highest BCUT2D eigenvalue weighted by atomic mass is 19.1. The minimum atomic E-state index is -0.817. The summed E-state index contributed by atoms with van der Waals surface area (Å²) >= 11 is 0. The zero-order chi connectivity index (χ0) is 18.7. The first-order valence-corrected chi connectivity index (χ1v) is 9.43. The Morgan fingerprint density at radius 3 is 2.62 bits per heavy atom. The third kappa shape index (κ3) is 4.06. The van der Waals surface area contributed by atoms with Crippen molar-refractivity contribution in [2.24, 2.45) is 5.41 Å². The molecule has 0 aromatic heterocycles. The lowest BCUT2D eigenvalue weighted by molar-refractivity contribution is -0.141. The van der Waals surface area contributed by atoms with Gasteiger partial charge in [-0.3, -0.25) is 14.5 Å². The van der Waals surface area contributed by atoms with Gasteiger partial charge >= 0.3 is 5.97 Å². The average molecular weight is 362 g/mol. The van der Waals surface area contributed by atoms with Gasteiger partial charge in [0.1, 0.15) is 5.82 Å². The number of carboxylic acids is 1. The van der Waals surface area contributed by atoms with Crippen molar-refractivity contribution in [3.05, 3.63) is 35.6 Å². The van der Waals surface area contributed by atoms with Crippen molar-refractivity contribution in [2.75, 3.05) is 13.1 Å². The Morgan fingerprint density at radius 2 is 2.08 bits per heavy atom. The Hall–Kier alpha value is -1.95. The molecule has 3 rings (SSSR count). The maximum atomic E-state index is 13.4. The number of rotatable bonds is 8. The second-order valence-corrected chi connectivity index (χ2v) is 7.69. The first-order chi connectivity index (χ1) is 12.4. The van der Waals surface area contributed by atoms with E-state index in [2.05, 4.69) is 5.32 Å². The van der Waals surface area contributed by atoms with E-state index in [-0.39, 0.29) is 30.4 Å². The molecule has 0 radical (unpaired) electrons. The molecular formula is C20H27FN2O3. The lowest BCUT2D eigenvalue weighted by Gasteiger charge is -2.46. The first-order valence-electron chi connectivity index (χ1n) is 9.43. The van der Waals surface area contributed by atoms with E-state index in [0.717, 1.165) is 37.7 Å². The lowest BCUT2D eigenvalue weighted by Crippen LogP contribution is -2.58. The zero-order valence-corrected chi connectivity index (χ0v) is 15.2. The van der Waals surface area contributed by atoms with Crippen LogP contribution in [0, 0.1) is 11.2 Å². The Balaban J connectivity index is 1.53. The van der Waals surface area contributed by atoms with Crippen LogP contribution in [0.5, 0.6) is 0 Å². The SMILES string of the molecule is CCN(CC(=O)O)C1CC(NC(=O)C2(Cc3cccc(F)c3)CCC2)C1. The van der Waals surface area contributed by atoms with Gasteiger partial charge in [0.15, 0.2) is 0 Å². The van der Waals surface area contributed by atoms with Crippen molar-refractivity contribution in [1.29, 1.82) is 0 Å². The predicted molar refractivity (Wildman–Crippen MR) is 96.2 cm³/mol. The fourth-order valence-electron chi connectivity index (χ4n) is 4.14. The molecule has 1 amide bonds. The molecular weight excluding hydrogens is 335 g/mol. The largest absolute Gasteiger partial charge is 0.480 e. The van der Waals surface area contributed by atoms with Crippen LogP contribution in [-0.2, 0) is 16.0 Å². The quantitative estimate of drug-likeness (QED) is 0.746. The normalized spacial score (nSPS) is 23.8. The van der Waals surface area contributed by atoms with E-state index in [9.17, 15) is 14.0 Å². The van der Waals surface area contributed by atoms with Gasteiger partial charge in [0.2, 0.25) is 5.91 Å². The van der Waals surface area contributed by atoms with Gasteiger partial charge < -0.3 is 10.4 Å². The van der Waals surface area contributed by atoms with Crippen LogP contribution in [0.15, 0.2) is 24.3 Å². The summed E-state index contributed by atoms with van der Waals surface area (Å²) in [5.74, 6) is -1.02. The number of hydrogen-bond acceptors (Lipinski definition) is 3. The van der Waals surface area contributed by atoms with Crippen molar-refractivity contribution >= 4 is 11.9 Å². The molecule has 0 aliphatic heterocycles. The van der Waals surface area contributed by atoms with Crippen LogP contribution in [0.4, 0.5) is 4.39 Å². The lowest BCUT2D eigenvalue weighted by atomic mass is 9.64. The van der Waals surface area contributed by atoms with Gasteiger partial charge in [-0.05, 0) is 56.3 Å². The van der Waals surface area contributed by atoms with Gasteiger partial charge in [0.25, 0.3) is 0 Å². The number of likely N-dealkylation sites (N-methyl/N-ethyl adjacent to an activating group) is 1. The van der Waals surface area contributed by atoms with Crippen molar-refractivity contribution in [3.63, 3.8) is 0 Å². The molecule has 0 heterocycles. The second kappa shape index (κ2) is 7.74. The summed E-state index contributed by atoms with van der Waals surface area (Å²) in [4.78, 5) is 25.7. The highest BCUT2D eigenvalue weighted by Crippen LogP contribution is 2.44. The van der Waals surface area contributed by atoms with Crippen LogP contribution in [0.25, 0.3) is 0 Å². The van der Waals surface area contributed by atoms with E-state index < -0.39 is 11.4 Å². The van der Waals surface area contributed by atoms with Crippen molar-refractivity contribution in [1.82, 2.24) is 10.2 Å². The fourth-order valence-corrected chi connectivity index (χ4v) is 4.14. The Labute approximate surface area is 153 Å². The van der Waals surface area contributed by atoms with Gasteiger partial charge in [-0.1, -0.05) is 25.5 Å². The topological polar surface area (TPSA) is 69.6 Å². The molecule has 2 aliphatic rings. The fraction of sp³-hybridized carbons (Fsp3) is 0.600. The number of halogens is 1. The first kappa shape index (κ1) is 18.8. The number of carbonyl (C=O) groups is 2. The standard InChI is InChI=1S/C20H27FN2O3/c1-2-23(13-18(24)25)17-10-16(11-17)22-19(26)20(7-4-8-20)12-14-5-3-6-15(21)9-14/h3,5-6,9,16-17H,2,4,7-8,10-13H2,1H3,(H,22,26)(H,24,25). The maximum Gasteiger partial charge on any atom is 0.317 e. The molecule has 6 heteroatoms. The molecule has 2 aliphatic carbocycles. The summed E-state index contributed by atoms with van der Waals surface area (Å²) in [6.45, 7) is 2.70. The van der Waals surface area contributed by atoms with Crippen LogP contribution in [0.1, 0.15) is 44.6 Å². The van der Waals surface area contributed by atoms with E-state index in [1.807, 2.05) is 17.9 Å². The molecule has 26 heavy (non-hydrogen) atoms. The van der Waals surface area contributed by atoms with Crippen LogP contribution < -0.4 is 5.32 Å². The Bertz CT molecular complexity index is 669. The summed E-state index contributed by atoms with van der Waals surface area (Å²) in [6, 6.07) is 6.83. The van der Waals surface area contributed by atoms with Crippen LogP contribution in [-0.4, -0.2) is 47.1 Å². The molecule has 142 valence electrons. The number of nitrogens with zero attached hydrogens (tertiary/aromatic N) is 1. The molecule has 2 saturated carbocycles. The van der Waals surface area contributed by atoms with Crippen molar-refractivity contribution in [3.8, 4) is 0 Å². The van der Waals surface area contributed by atoms with Crippen LogP contribution in [0.3, 0.4) is 0 Å². The number of carboxylic acid groups (broad SMARTS) is 1. The van der Waals surface area contributed by atoms with Crippen LogP contribution in [0.2, 0.25) is 0 Å². The second-order valence-electron chi connectivity index (χ2n) is 7.69. The molecule has 5 nitrogen and oxygen atoms in total. The van der Waals surface area contributed by atoms with Gasteiger partial charge in [-0.25, -0.2) is 4.39 Å². The Morgan fingerprint density at radius 1 is 1.35 bits per heavy atom. The highest BCUT2D eigenvalue weighted by Gasteiger charge is 2.46. The molecule has 1 aromatic rings. The molecule has 2 N–H and O–H groups in total. The number of hydrogen-bond donors (Lipinski definition) is 2. The minimum Gasteiger partial charge on any atom is -0.480 e. The van der Waals surface area contributed by atoms with E-state index >= 15 is 0 Å². The molecule has 0 unspecified atom stereocenters. The molecule has 0 atom stereocenters. The number of aliphatic carboxylic acids is 1. The summed E-state index contributed by atoms with van der Waals surface area (Å²) in [5.41, 5.74) is 0.453. The monoisotopic (exact) mass is 362 g/mol. The van der Waals surface area contributed by atoms with Gasteiger partial charge in [-0.2, -0.15) is 0 Å². The maximum absolute atomic E-state index is 13.4. The third-order valence-corrected chi connectivity index (χ3v) is 5.93. The van der Waals surface area contributed by atoms with Crippen LogP contribution >= 0.6 is 0 Å². The van der Waals surface area contributed by atoms with Crippen molar-refractivity contribution < 1.29 is 19.1 Å². The minimum absolute atomic E-state index is 0.0470. The Kier molecular flexibility index (Phi) is 5.61. The van der Waals surface area contributed by atoms with Gasteiger partial charge in [-0.15, -0.1) is 0 Å². The van der Waals surface area contributed by atoms with Gasteiger partial charge in [0.05, 0.1) is 12.0 Å². The van der Waals surface area contributed by atoms with E-state index in [1.54, 1.807) is 6.07 Å². The third-order valence-electron chi connectivity index (χ3n) is 5.93. The molecule has 0 saturated heterocycles.